The minimum atomic E-state index is -4.32. The zero-order valence-corrected chi connectivity index (χ0v) is 20.1. The molecule has 0 amide bonds. The molecule has 1 fully saturated rings. The van der Waals surface area contributed by atoms with Crippen molar-refractivity contribution in [3.8, 4) is 11.1 Å². The average Bonchev–Trinajstić information content (AvgIpc) is 3.35. The van der Waals surface area contributed by atoms with E-state index in [4.69, 9.17) is 0 Å². The summed E-state index contributed by atoms with van der Waals surface area (Å²) in [6, 6.07) is 8.96. The van der Waals surface area contributed by atoms with Crippen molar-refractivity contribution in [2.45, 2.75) is 44.1 Å². The summed E-state index contributed by atoms with van der Waals surface area (Å²) in [6.07, 6.45) is 1.98. The van der Waals surface area contributed by atoms with E-state index in [-0.39, 0.29) is 18.8 Å². The molecule has 2 aliphatic heterocycles. The van der Waals surface area contributed by atoms with Crippen molar-refractivity contribution in [2.24, 2.45) is 0 Å². The molecule has 2 aliphatic rings. The molecule has 192 valence electrons. The Morgan fingerprint density at radius 1 is 1.11 bits per heavy atom. The SMILES string of the molecule is C[C@H]1Cc2cc(-c3cn[nH]c3)ccc2[C@@H](c2ccc(NC3CN(CCCF)C3)cn2)N1CC(F)(F)F. The number of benzene rings is 1. The van der Waals surface area contributed by atoms with E-state index in [9.17, 15) is 17.6 Å². The van der Waals surface area contributed by atoms with Crippen molar-refractivity contribution in [3.63, 3.8) is 0 Å². The number of fused-ring (bicyclic) bond motifs is 1. The standard InChI is InChI=1S/C26H30F4N6/c1-17-9-19-10-18(20-11-32-33-12-20)3-5-23(19)25(36(17)16-26(28,29)30)24-6-4-21(13-31-24)34-22-14-35(15-22)8-2-7-27/h3-6,10-13,17,22,25,34H,2,7-9,14-16H2,1H3,(H,32,33)/t17-,25-/m0/s1. The number of hydrogen-bond acceptors (Lipinski definition) is 5. The summed E-state index contributed by atoms with van der Waals surface area (Å²) in [5.41, 5.74) is 5.21. The van der Waals surface area contributed by atoms with Gasteiger partial charge in [0.25, 0.3) is 0 Å². The Morgan fingerprint density at radius 3 is 2.61 bits per heavy atom. The van der Waals surface area contributed by atoms with E-state index >= 15 is 0 Å². The second-order valence-corrected chi connectivity index (χ2v) is 9.76. The minimum Gasteiger partial charge on any atom is -0.378 e. The number of nitrogens with one attached hydrogen (secondary N) is 2. The molecule has 4 heterocycles. The van der Waals surface area contributed by atoms with Crippen LogP contribution in [0.5, 0.6) is 0 Å². The first-order valence-electron chi connectivity index (χ1n) is 12.3. The predicted molar refractivity (Wildman–Crippen MR) is 130 cm³/mol. The second-order valence-electron chi connectivity index (χ2n) is 9.76. The number of hydrogen-bond donors (Lipinski definition) is 2. The molecule has 1 aromatic carbocycles. The maximum absolute atomic E-state index is 13.6. The molecule has 6 nitrogen and oxygen atoms in total. The van der Waals surface area contributed by atoms with Crippen LogP contribution >= 0.6 is 0 Å². The van der Waals surface area contributed by atoms with Crippen LogP contribution in [0.25, 0.3) is 11.1 Å². The monoisotopic (exact) mass is 502 g/mol. The van der Waals surface area contributed by atoms with E-state index in [1.54, 1.807) is 18.6 Å². The highest BCUT2D eigenvalue weighted by molar-refractivity contribution is 5.64. The fraction of sp³-hybridized carbons (Fsp3) is 0.462. The van der Waals surface area contributed by atoms with Crippen LogP contribution in [0.4, 0.5) is 23.2 Å². The third kappa shape index (κ3) is 5.39. The molecule has 36 heavy (non-hydrogen) atoms. The van der Waals surface area contributed by atoms with Gasteiger partial charge in [0, 0.05) is 37.4 Å². The Kier molecular flexibility index (Phi) is 6.98. The third-order valence-corrected chi connectivity index (χ3v) is 7.05. The van der Waals surface area contributed by atoms with Crippen LogP contribution in [0.3, 0.4) is 0 Å². The van der Waals surface area contributed by atoms with Gasteiger partial charge in [0.05, 0.1) is 49.1 Å². The van der Waals surface area contributed by atoms with E-state index in [0.717, 1.165) is 47.6 Å². The van der Waals surface area contributed by atoms with Crippen LogP contribution in [0.2, 0.25) is 0 Å². The number of nitrogens with zero attached hydrogens (tertiary/aromatic N) is 4. The van der Waals surface area contributed by atoms with Gasteiger partial charge in [-0.05, 0) is 48.6 Å². The Labute approximate surface area is 207 Å². The van der Waals surface area contributed by atoms with Gasteiger partial charge in [-0.3, -0.25) is 24.3 Å². The maximum Gasteiger partial charge on any atom is 0.401 e. The maximum atomic E-state index is 13.6. The Balaban J connectivity index is 1.39. The number of rotatable bonds is 8. The lowest BCUT2D eigenvalue weighted by Crippen LogP contribution is -2.54. The molecule has 2 aromatic heterocycles. The Bertz CT molecular complexity index is 1140. The molecule has 0 radical (unpaired) electrons. The first-order valence-corrected chi connectivity index (χ1v) is 12.3. The lowest BCUT2D eigenvalue weighted by Gasteiger charge is -2.42. The normalized spacial score (nSPS) is 21.2. The van der Waals surface area contributed by atoms with Gasteiger partial charge in [-0.1, -0.05) is 18.2 Å². The van der Waals surface area contributed by atoms with Crippen molar-refractivity contribution in [1.82, 2.24) is 25.0 Å². The number of H-pyrrole nitrogens is 1. The van der Waals surface area contributed by atoms with E-state index in [1.807, 2.05) is 31.2 Å². The molecule has 3 aromatic rings. The van der Waals surface area contributed by atoms with Gasteiger partial charge >= 0.3 is 6.18 Å². The molecule has 0 aliphatic carbocycles. The van der Waals surface area contributed by atoms with Gasteiger partial charge in [-0.15, -0.1) is 0 Å². The third-order valence-electron chi connectivity index (χ3n) is 7.05. The van der Waals surface area contributed by atoms with Crippen molar-refractivity contribution in [1.29, 1.82) is 0 Å². The van der Waals surface area contributed by atoms with Crippen LogP contribution in [0.1, 0.15) is 36.2 Å². The van der Waals surface area contributed by atoms with E-state index in [0.29, 0.717) is 18.5 Å². The average molecular weight is 503 g/mol. The number of halogens is 4. The van der Waals surface area contributed by atoms with Crippen molar-refractivity contribution < 1.29 is 17.6 Å². The number of anilines is 1. The van der Waals surface area contributed by atoms with Crippen LogP contribution in [0.15, 0.2) is 48.9 Å². The Morgan fingerprint density at radius 2 is 1.94 bits per heavy atom. The highest BCUT2D eigenvalue weighted by Gasteiger charge is 2.41. The highest BCUT2D eigenvalue weighted by atomic mass is 19.4. The topological polar surface area (TPSA) is 60.1 Å². The number of likely N-dealkylation sites (tertiary alicyclic amines) is 1. The molecule has 0 unspecified atom stereocenters. The summed E-state index contributed by atoms with van der Waals surface area (Å²) < 4.78 is 53.1. The van der Waals surface area contributed by atoms with Gasteiger partial charge in [-0.25, -0.2) is 0 Å². The van der Waals surface area contributed by atoms with Crippen LogP contribution in [-0.4, -0.2) is 76.1 Å². The molecular weight excluding hydrogens is 472 g/mol. The van der Waals surface area contributed by atoms with Crippen LogP contribution in [-0.2, 0) is 6.42 Å². The summed E-state index contributed by atoms with van der Waals surface area (Å²) >= 11 is 0. The molecule has 0 bridgehead atoms. The Hall–Kier alpha value is -2.98. The highest BCUT2D eigenvalue weighted by Crippen LogP contribution is 2.40. The second kappa shape index (κ2) is 10.2. The van der Waals surface area contributed by atoms with Gasteiger partial charge < -0.3 is 5.32 Å². The van der Waals surface area contributed by atoms with Gasteiger partial charge in [0.2, 0.25) is 0 Å². The quantitative estimate of drug-likeness (QED) is 0.433. The first-order chi connectivity index (χ1) is 17.3. The van der Waals surface area contributed by atoms with Gasteiger partial charge in [-0.2, -0.15) is 18.3 Å². The fourth-order valence-electron chi connectivity index (χ4n) is 5.30. The van der Waals surface area contributed by atoms with Crippen molar-refractivity contribution in [3.05, 3.63) is 65.7 Å². The first kappa shape index (κ1) is 24.7. The molecule has 2 N–H and O–H groups in total. The molecular formula is C26H30F4N6. The molecule has 5 rings (SSSR count). The number of alkyl halides is 4. The van der Waals surface area contributed by atoms with E-state index in [1.165, 1.54) is 4.90 Å². The molecule has 0 spiro atoms. The number of pyridine rings is 1. The van der Waals surface area contributed by atoms with E-state index < -0.39 is 18.8 Å². The largest absolute Gasteiger partial charge is 0.401 e. The minimum absolute atomic E-state index is 0.260. The summed E-state index contributed by atoms with van der Waals surface area (Å²) in [7, 11) is 0. The van der Waals surface area contributed by atoms with Crippen LogP contribution < -0.4 is 5.32 Å². The zero-order valence-electron chi connectivity index (χ0n) is 20.1. The fourth-order valence-corrected chi connectivity index (χ4v) is 5.30. The molecule has 2 atom stereocenters. The van der Waals surface area contributed by atoms with Crippen molar-refractivity contribution in [2.75, 3.05) is 38.2 Å². The lowest BCUT2D eigenvalue weighted by atomic mass is 9.85. The van der Waals surface area contributed by atoms with E-state index in [2.05, 4.69) is 31.5 Å². The summed E-state index contributed by atoms with van der Waals surface area (Å²) in [6.45, 7) is 2.97. The number of aromatic amines is 1. The van der Waals surface area contributed by atoms with Crippen molar-refractivity contribution >= 4 is 5.69 Å². The molecule has 1 saturated heterocycles. The summed E-state index contributed by atoms with van der Waals surface area (Å²) in [4.78, 5) is 8.31. The molecule has 0 saturated carbocycles. The summed E-state index contributed by atoms with van der Waals surface area (Å²) in [5, 5.41) is 10.2. The van der Waals surface area contributed by atoms with Crippen LogP contribution in [0, 0.1) is 0 Å². The molecule has 10 heteroatoms. The predicted octanol–water partition coefficient (Wildman–Crippen LogP) is 4.83. The lowest BCUT2D eigenvalue weighted by molar-refractivity contribution is -0.155. The zero-order chi connectivity index (χ0) is 25.3. The smallest absolute Gasteiger partial charge is 0.378 e. The van der Waals surface area contributed by atoms with Gasteiger partial charge in [0.15, 0.2) is 0 Å². The van der Waals surface area contributed by atoms with Gasteiger partial charge in [0.1, 0.15) is 0 Å². The summed E-state index contributed by atoms with van der Waals surface area (Å²) in [5.74, 6) is 0. The number of aromatic nitrogens is 3.